The lowest BCUT2D eigenvalue weighted by molar-refractivity contribution is -0.134. The highest BCUT2D eigenvalue weighted by molar-refractivity contribution is 6.39. The fourth-order valence-corrected chi connectivity index (χ4v) is 2.94. The zero-order valence-corrected chi connectivity index (χ0v) is 16.1. The Kier molecular flexibility index (Phi) is 7.56. The molecule has 2 aromatic rings. The van der Waals surface area contributed by atoms with Crippen LogP contribution in [0.5, 0.6) is 0 Å². The second-order valence-electron chi connectivity index (χ2n) is 5.80. The number of nitrogens with zero attached hydrogens (tertiary/aromatic N) is 1. The summed E-state index contributed by atoms with van der Waals surface area (Å²) in [4.78, 5) is 25.9. The number of hydrogen-bond donors (Lipinski definition) is 1. The van der Waals surface area contributed by atoms with Gasteiger partial charge >= 0.3 is 0 Å². The molecule has 0 spiro atoms. The van der Waals surface area contributed by atoms with Crippen molar-refractivity contribution in [1.82, 2.24) is 4.90 Å². The molecule has 8 heteroatoms. The molecule has 2 amide bonds. The lowest BCUT2D eigenvalue weighted by Crippen LogP contribution is -2.38. The lowest BCUT2D eigenvalue weighted by atomic mass is 10.1. The van der Waals surface area contributed by atoms with Crippen LogP contribution < -0.4 is 5.32 Å². The van der Waals surface area contributed by atoms with Gasteiger partial charge in [-0.3, -0.25) is 9.59 Å². The van der Waals surface area contributed by atoms with Crippen LogP contribution in [0.4, 0.5) is 14.5 Å². The van der Waals surface area contributed by atoms with E-state index >= 15 is 0 Å². The van der Waals surface area contributed by atoms with Crippen molar-refractivity contribution in [3.05, 3.63) is 63.6 Å². The van der Waals surface area contributed by atoms with Crippen LogP contribution in [0.2, 0.25) is 10.0 Å². The normalized spacial score (nSPS) is 10.6. The van der Waals surface area contributed by atoms with Crippen molar-refractivity contribution in [2.24, 2.45) is 0 Å². The first-order valence-electron chi connectivity index (χ1n) is 8.27. The lowest BCUT2D eigenvalue weighted by Gasteiger charge is -2.21. The molecule has 0 saturated heterocycles. The molecule has 0 saturated carbocycles. The number of amides is 2. The number of nitrogens with one attached hydrogen (secondary N) is 1. The van der Waals surface area contributed by atoms with Gasteiger partial charge in [0.15, 0.2) is 11.6 Å². The molecule has 2 rings (SSSR count). The minimum atomic E-state index is -0.955. The van der Waals surface area contributed by atoms with E-state index in [1.165, 1.54) is 11.0 Å². The van der Waals surface area contributed by atoms with Crippen LogP contribution in [0.3, 0.4) is 0 Å². The number of carbonyl (C=O) groups excluding carboxylic acids is 2. The molecule has 0 fully saturated rings. The molecule has 0 bridgehead atoms. The van der Waals surface area contributed by atoms with E-state index in [4.69, 9.17) is 23.2 Å². The monoisotopic (exact) mass is 414 g/mol. The van der Waals surface area contributed by atoms with Crippen molar-refractivity contribution in [2.45, 2.75) is 19.8 Å². The molecule has 0 aliphatic carbocycles. The highest BCUT2D eigenvalue weighted by Crippen LogP contribution is 2.29. The van der Waals surface area contributed by atoms with Crippen LogP contribution in [0.25, 0.3) is 0 Å². The van der Waals surface area contributed by atoms with Gasteiger partial charge in [-0.1, -0.05) is 35.3 Å². The van der Waals surface area contributed by atoms with Gasteiger partial charge in [0, 0.05) is 13.0 Å². The van der Waals surface area contributed by atoms with E-state index in [2.05, 4.69) is 5.32 Å². The number of benzene rings is 2. The smallest absolute Gasteiger partial charge is 0.244 e. The van der Waals surface area contributed by atoms with Crippen LogP contribution in [-0.4, -0.2) is 29.8 Å². The molecule has 1 N–H and O–H groups in total. The SMILES string of the molecule is CCN(CC(=O)Nc1c(Cl)cccc1Cl)C(=O)CCc1ccc(F)c(F)c1. The molecule has 144 valence electrons. The third-order valence-electron chi connectivity index (χ3n) is 3.91. The molecule has 0 aliphatic heterocycles. The molecular weight excluding hydrogens is 397 g/mol. The summed E-state index contributed by atoms with van der Waals surface area (Å²) in [5.74, 6) is -2.60. The van der Waals surface area contributed by atoms with Crippen molar-refractivity contribution in [2.75, 3.05) is 18.4 Å². The average Bonchev–Trinajstić information content (AvgIpc) is 2.63. The minimum Gasteiger partial charge on any atom is -0.334 e. The molecule has 27 heavy (non-hydrogen) atoms. The van der Waals surface area contributed by atoms with Gasteiger partial charge in [0.1, 0.15) is 0 Å². The summed E-state index contributed by atoms with van der Waals surface area (Å²) in [5.41, 5.74) is 0.793. The molecule has 2 aromatic carbocycles. The summed E-state index contributed by atoms with van der Waals surface area (Å²) >= 11 is 12.0. The number of rotatable bonds is 7. The summed E-state index contributed by atoms with van der Waals surface area (Å²) in [6, 6.07) is 8.34. The van der Waals surface area contributed by atoms with Crippen molar-refractivity contribution < 1.29 is 18.4 Å². The van der Waals surface area contributed by atoms with Crippen LogP contribution in [0.1, 0.15) is 18.9 Å². The number of para-hydroxylation sites is 1. The molecule has 0 unspecified atom stereocenters. The van der Waals surface area contributed by atoms with Crippen LogP contribution in [0, 0.1) is 11.6 Å². The summed E-state index contributed by atoms with van der Waals surface area (Å²) < 4.78 is 26.2. The van der Waals surface area contributed by atoms with Gasteiger partial charge in [-0.05, 0) is 43.2 Å². The highest BCUT2D eigenvalue weighted by atomic mass is 35.5. The van der Waals surface area contributed by atoms with Crippen LogP contribution in [-0.2, 0) is 16.0 Å². The maximum Gasteiger partial charge on any atom is 0.244 e. The Balaban J connectivity index is 1.94. The van der Waals surface area contributed by atoms with E-state index in [0.29, 0.717) is 22.2 Å². The molecule has 0 radical (unpaired) electrons. The van der Waals surface area contributed by atoms with Gasteiger partial charge in [0.05, 0.1) is 22.3 Å². The highest BCUT2D eigenvalue weighted by Gasteiger charge is 2.17. The first-order chi connectivity index (χ1) is 12.8. The molecule has 0 aliphatic rings. The third-order valence-corrected chi connectivity index (χ3v) is 4.54. The Bertz CT molecular complexity index is 826. The van der Waals surface area contributed by atoms with Crippen LogP contribution >= 0.6 is 23.2 Å². The number of aryl methyl sites for hydroxylation is 1. The summed E-state index contributed by atoms with van der Waals surface area (Å²) in [5, 5.41) is 3.19. The topological polar surface area (TPSA) is 49.4 Å². The van der Waals surface area contributed by atoms with Gasteiger partial charge in [-0.2, -0.15) is 0 Å². The van der Waals surface area contributed by atoms with E-state index in [-0.39, 0.29) is 31.0 Å². The Morgan fingerprint density at radius 3 is 2.33 bits per heavy atom. The van der Waals surface area contributed by atoms with E-state index < -0.39 is 17.5 Å². The molecule has 0 atom stereocenters. The standard InChI is InChI=1S/C19H18Cl2F2N2O2/c1-2-25(11-17(26)24-19-13(20)4-3-5-14(19)21)18(27)9-7-12-6-8-15(22)16(23)10-12/h3-6,8,10H,2,7,9,11H2,1H3,(H,24,26). The van der Waals surface area contributed by atoms with Crippen molar-refractivity contribution in [1.29, 1.82) is 0 Å². The molecule has 0 aromatic heterocycles. The number of likely N-dealkylation sites (N-methyl/N-ethyl adjacent to an activating group) is 1. The maximum atomic E-state index is 13.2. The second-order valence-corrected chi connectivity index (χ2v) is 6.62. The van der Waals surface area contributed by atoms with Crippen molar-refractivity contribution in [3.8, 4) is 0 Å². The van der Waals surface area contributed by atoms with Crippen molar-refractivity contribution >= 4 is 40.7 Å². The summed E-state index contributed by atoms with van der Waals surface area (Å²) in [7, 11) is 0. The molecule has 4 nitrogen and oxygen atoms in total. The largest absolute Gasteiger partial charge is 0.334 e. The van der Waals surface area contributed by atoms with E-state index in [1.807, 2.05) is 0 Å². The minimum absolute atomic E-state index is 0.0685. The van der Waals surface area contributed by atoms with E-state index in [0.717, 1.165) is 12.1 Å². The average molecular weight is 415 g/mol. The number of carbonyl (C=O) groups is 2. The van der Waals surface area contributed by atoms with E-state index in [9.17, 15) is 18.4 Å². The first kappa shape index (κ1) is 21.1. The fraction of sp³-hybridized carbons (Fsp3) is 0.263. The molecule has 0 heterocycles. The number of anilines is 1. The van der Waals surface area contributed by atoms with Gasteiger partial charge in [-0.25, -0.2) is 8.78 Å². The Hall–Kier alpha value is -2.18. The van der Waals surface area contributed by atoms with Gasteiger partial charge < -0.3 is 10.2 Å². The van der Waals surface area contributed by atoms with Gasteiger partial charge in [0.2, 0.25) is 11.8 Å². The predicted molar refractivity (Wildman–Crippen MR) is 102 cm³/mol. The zero-order valence-electron chi connectivity index (χ0n) is 14.6. The zero-order chi connectivity index (χ0) is 20.0. The third kappa shape index (κ3) is 5.91. The van der Waals surface area contributed by atoms with Crippen LogP contribution in [0.15, 0.2) is 36.4 Å². The first-order valence-corrected chi connectivity index (χ1v) is 9.03. The Morgan fingerprint density at radius 2 is 1.74 bits per heavy atom. The van der Waals surface area contributed by atoms with Gasteiger partial charge in [0.25, 0.3) is 0 Å². The van der Waals surface area contributed by atoms with E-state index in [1.54, 1.807) is 25.1 Å². The van der Waals surface area contributed by atoms with Crippen molar-refractivity contribution in [3.63, 3.8) is 0 Å². The fourth-order valence-electron chi connectivity index (χ4n) is 2.45. The quantitative estimate of drug-likeness (QED) is 0.713. The predicted octanol–water partition coefficient (Wildman–Crippen LogP) is 4.69. The summed E-state index contributed by atoms with van der Waals surface area (Å²) in [6.45, 7) is 1.89. The van der Waals surface area contributed by atoms with Gasteiger partial charge in [-0.15, -0.1) is 0 Å². The Morgan fingerprint density at radius 1 is 1.07 bits per heavy atom. The number of hydrogen-bond acceptors (Lipinski definition) is 2. The molecular formula is C19H18Cl2F2N2O2. The Labute approximate surface area is 166 Å². The summed E-state index contributed by atoms with van der Waals surface area (Å²) in [6.07, 6.45) is 0.309. The maximum absolute atomic E-state index is 13.2. The second kappa shape index (κ2) is 9.67. The number of halogens is 4.